The lowest BCUT2D eigenvalue weighted by atomic mass is 10.1. The minimum absolute atomic E-state index is 1.02. The first-order chi connectivity index (χ1) is 8.49. The molecule has 94 valence electrons. The summed E-state index contributed by atoms with van der Waals surface area (Å²) < 4.78 is 0. The van der Waals surface area contributed by atoms with Crippen molar-refractivity contribution in [2.45, 2.75) is 34.2 Å². The van der Waals surface area contributed by atoms with Crippen LogP contribution in [0.15, 0.2) is 36.4 Å². The summed E-state index contributed by atoms with van der Waals surface area (Å²) in [5.41, 5.74) is 5.60. The highest BCUT2D eigenvalue weighted by Crippen LogP contribution is 2.06. The summed E-state index contributed by atoms with van der Waals surface area (Å²) >= 11 is 0. The lowest BCUT2D eigenvalue weighted by molar-refractivity contribution is 1.35. The van der Waals surface area contributed by atoms with Crippen molar-refractivity contribution in [3.05, 3.63) is 58.7 Å². The molecule has 2 aromatic rings. The van der Waals surface area contributed by atoms with Crippen LogP contribution in [0, 0.1) is 27.7 Å². The molecule has 2 aromatic carbocycles. The Balaban J connectivity index is 2.37. The number of hydrogen-bond donors (Lipinski definition) is 0. The van der Waals surface area contributed by atoms with E-state index in [9.17, 15) is 0 Å². The topological polar surface area (TPSA) is 0 Å². The molecule has 0 saturated heterocycles. The minimum Gasteiger partial charge on any atom is -0.0642 e. The highest BCUT2D eigenvalue weighted by Gasteiger charge is 2.11. The summed E-state index contributed by atoms with van der Waals surface area (Å²) in [5.74, 6) is 0. The van der Waals surface area contributed by atoms with E-state index in [1.807, 2.05) is 0 Å². The first kappa shape index (κ1) is 13.1. The van der Waals surface area contributed by atoms with Crippen LogP contribution in [0.1, 0.15) is 22.3 Å². The van der Waals surface area contributed by atoms with Crippen molar-refractivity contribution in [2.75, 3.05) is 0 Å². The van der Waals surface area contributed by atoms with Crippen LogP contribution < -0.4 is 10.4 Å². The zero-order valence-electron chi connectivity index (χ0n) is 12.0. The number of rotatable bonds is 2. The molecule has 0 atom stereocenters. The third kappa shape index (κ3) is 2.56. The molecule has 0 aliphatic carbocycles. The number of hydrogen-bond acceptors (Lipinski definition) is 0. The van der Waals surface area contributed by atoms with E-state index in [0.29, 0.717) is 0 Å². The Morgan fingerprint density at radius 2 is 1.00 bits per heavy atom. The molecule has 0 unspecified atom stereocenters. The Labute approximate surface area is 112 Å². The van der Waals surface area contributed by atoms with E-state index in [1.165, 1.54) is 22.3 Å². The van der Waals surface area contributed by atoms with E-state index < -0.39 is 8.80 Å². The summed E-state index contributed by atoms with van der Waals surface area (Å²) in [5, 5.41) is 3.09. The SMILES string of the molecule is Cc1ccc([SiH](C)c2ccc(C)c(C)c2)cc1C. The molecule has 0 aliphatic rings. The molecule has 0 N–H and O–H groups in total. The maximum atomic E-state index is 2.42. The second kappa shape index (κ2) is 5.11. The van der Waals surface area contributed by atoms with Gasteiger partial charge in [0.15, 0.2) is 0 Å². The highest BCUT2D eigenvalue weighted by molar-refractivity contribution is 6.84. The predicted octanol–water partition coefficient (Wildman–Crippen LogP) is 2.89. The van der Waals surface area contributed by atoms with Gasteiger partial charge < -0.3 is 0 Å². The Kier molecular flexibility index (Phi) is 3.72. The molecule has 0 spiro atoms. The van der Waals surface area contributed by atoms with Gasteiger partial charge in [-0.2, -0.15) is 0 Å². The van der Waals surface area contributed by atoms with E-state index in [2.05, 4.69) is 70.6 Å². The molecule has 0 nitrogen and oxygen atoms in total. The summed E-state index contributed by atoms with van der Waals surface area (Å²) in [6.07, 6.45) is 0. The van der Waals surface area contributed by atoms with Gasteiger partial charge in [-0.05, 0) is 49.9 Å². The average molecular weight is 254 g/mol. The van der Waals surface area contributed by atoms with Gasteiger partial charge in [0, 0.05) is 0 Å². The van der Waals surface area contributed by atoms with Gasteiger partial charge >= 0.3 is 0 Å². The fourth-order valence-electron chi connectivity index (χ4n) is 2.26. The van der Waals surface area contributed by atoms with Crippen molar-refractivity contribution >= 4 is 19.2 Å². The van der Waals surface area contributed by atoms with E-state index in [4.69, 9.17) is 0 Å². The molecule has 1 heteroatoms. The van der Waals surface area contributed by atoms with E-state index in [1.54, 1.807) is 10.4 Å². The molecule has 0 fully saturated rings. The normalized spacial score (nSPS) is 11.0. The van der Waals surface area contributed by atoms with Gasteiger partial charge in [0.25, 0.3) is 0 Å². The lowest BCUT2D eigenvalue weighted by Crippen LogP contribution is -2.39. The third-order valence-electron chi connectivity index (χ3n) is 4.06. The molecule has 0 saturated carbocycles. The van der Waals surface area contributed by atoms with Crippen molar-refractivity contribution in [1.29, 1.82) is 0 Å². The molecular weight excluding hydrogens is 232 g/mol. The number of aryl methyl sites for hydroxylation is 4. The van der Waals surface area contributed by atoms with Crippen LogP contribution in [0.5, 0.6) is 0 Å². The molecular formula is C17H22Si. The van der Waals surface area contributed by atoms with Crippen molar-refractivity contribution in [2.24, 2.45) is 0 Å². The molecule has 2 rings (SSSR count). The van der Waals surface area contributed by atoms with Crippen LogP contribution in [-0.2, 0) is 0 Å². The molecule has 0 aromatic heterocycles. The highest BCUT2D eigenvalue weighted by atomic mass is 28.3. The van der Waals surface area contributed by atoms with E-state index in [-0.39, 0.29) is 0 Å². The van der Waals surface area contributed by atoms with E-state index >= 15 is 0 Å². The summed E-state index contributed by atoms with van der Waals surface area (Å²) in [4.78, 5) is 0. The van der Waals surface area contributed by atoms with Crippen LogP contribution in [0.2, 0.25) is 6.55 Å². The summed E-state index contributed by atoms with van der Waals surface area (Å²) in [7, 11) is -1.02. The van der Waals surface area contributed by atoms with Crippen LogP contribution in [0.3, 0.4) is 0 Å². The predicted molar refractivity (Wildman–Crippen MR) is 84.1 cm³/mol. The molecule has 0 bridgehead atoms. The van der Waals surface area contributed by atoms with Crippen molar-refractivity contribution in [3.63, 3.8) is 0 Å². The van der Waals surface area contributed by atoms with Crippen LogP contribution in [0.4, 0.5) is 0 Å². The van der Waals surface area contributed by atoms with Gasteiger partial charge in [-0.25, -0.2) is 0 Å². The van der Waals surface area contributed by atoms with Gasteiger partial charge in [-0.3, -0.25) is 0 Å². The van der Waals surface area contributed by atoms with Crippen LogP contribution in [-0.4, -0.2) is 8.80 Å². The van der Waals surface area contributed by atoms with Crippen LogP contribution in [0.25, 0.3) is 0 Å². The van der Waals surface area contributed by atoms with E-state index in [0.717, 1.165) is 0 Å². The molecule has 0 aliphatic heterocycles. The average Bonchev–Trinajstić information content (AvgIpc) is 2.35. The molecule has 18 heavy (non-hydrogen) atoms. The minimum atomic E-state index is -1.02. The zero-order valence-corrected chi connectivity index (χ0v) is 13.2. The first-order valence-electron chi connectivity index (χ1n) is 6.63. The molecule has 0 amide bonds. The Morgan fingerprint density at radius 1 is 0.611 bits per heavy atom. The Morgan fingerprint density at radius 3 is 1.33 bits per heavy atom. The smallest absolute Gasteiger partial charge is 0.0642 e. The first-order valence-corrected chi connectivity index (χ1v) is 8.94. The summed E-state index contributed by atoms with van der Waals surface area (Å²) in [6, 6.07) is 13.9. The Bertz CT molecular complexity index is 518. The summed E-state index contributed by atoms with van der Waals surface area (Å²) in [6.45, 7) is 11.2. The number of benzene rings is 2. The quantitative estimate of drug-likeness (QED) is 0.723. The second-order valence-corrected chi connectivity index (χ2v) is 8.19. The standard InChI is InChI=1S/C17H22Si/c1-12-6-8-16(10-14(12)3)18(5)17-9-7-13(2)15(4)11-17/h6-11,18H,1-5H3. The van der Waals surface area contributed by atoms with Crippen molar-refractivity contribution < 1.29 is 0 Å². The molecule has 0 radical (unpaired) electrons. The largest absolute Gasteiger partial charge is 0.0997 e. The van der Waals surface area contributed by atoms with Crippen molar-refractivity contribution in [1.82, 2.24) is 0 Å². The fraction of sp³-hybridized carbons (Fsp3) is 0.294. The maximum Gasteiger partial charge on any atom is 0.0997 e. The monoisotopic (exact) mass is 254 g/mol. The van der Waals surface area contributed by atoms with Gasteiger partial charge in [0.1, 0.15) is 0 Å². The van der Waals surface area contributed by atoms with Gasteiger partial charge in [0.05, 0.1) is 8.80 Å². The van der Waals surface area contributed by atoms with Crippen LogP contribution >= 0.6 is 0 Å². The molecule has 0 heterocycles. The second-order valence-electron chi connectivity index (χ2n) is 5.41. The fourth-order valence-corrected chi connectivity index (χ4v) is 4.42. The maximum absolute atomic E-state index is 2.42. The van der Waals surface area contributed by atoms with Crippen molar-refractivity contribution in [3.8, 4) is 0 Å². The zero-order chi connectivity index (χ0) is 13.3. The lowest BCUT2D eigenvalue weighted by Gasteiger charge is -2.14. The van der Waals surface area contributed by atoms with Gasteiger partial charge in [0.2, 0.25) is 0 Å². The van der Waals surface area contributed by atoms with Gasteiger partial charge in [-0.1, -0.05) is 53.3 Å². The van der Waals surface area contributed by atoms with Gasteiger partial charge in [-0.15, -0.1) is 0 Å². The third-order valence-corrected chi connectivity index (χ3v) is 6.78. The Hall–Kier alpha value is -1.34.